The lowest BCUT2D eigenvalue weighted by Crippen LogP contribution is -2.14. The summed E-state index contributed by atoms with van der Waals surface area (Å²) < 4.78 is 31.3. The molecule has 2 heterocycles. The van der Waals surface area contributed by atoms with Gasteiger partial charge in [-0.05, 0) is 19.1 Å². The number of aromatic nitrogens is 2. The molecule has 8 nitrogen and oxygen atoms in total. The van der Waals surface area contributed by atoms with Gasteiger partial charge < -0.3 is 9.84 Å². The lowest BCUT2D eigenvalue weighted by Gasteiger charge is -2.07. The molecule has 0 aliphatic carbocycles. The number of ether oxygens (including phenoxy) is 1. The molecule has 0 radical (unpaired) electrons. The van der Waals surface area contributed by atoms with Crippen molar-refractivity contribution in [3.63, 3.8) is 0 Å². The van der Waals surface area contributed by atoms with Crippen LogP contribution in [0.15, 0.2) is 22.4 Å². The number of anilines is 1. The Morgan fingerprint density at radius 2 is 2.10 bits per heavy atom. The molecule has 0 spiro atoms. The number of thiophene rings is 1. The summed E-state index contributed by atoms with van der Waals surface area (Å²) in [5.74, 6) is -1.11. The van der Waals surface area contributed by atoms with Crippen molar-refractivity contribution >= 4 is 33.3 Å². The van der Waals surface area contributed by atoms with Crippen molar-refractivity contribution in [2.45, 2.75) is 11.1 Å². The van der Waals surface area contributed by atoms with Gasteiger partial charge in [0.25, 0.3) is 10.0 Å². The van der Waals surface area contributed by atoms with E-state index in [-0.39, 0.29) is 20.9 Å². The quantitative estimate of drug-likeness (QED) is 0.850. The maximum Gasteiger partial charge on any atom is 0.345 e. The molecule has 0 aliphatic heterocycles. The van der Waals surface area contributed by atoms with Gasteiger partial charge in [0.05, 0.1) is 7.11 Å². The third-order valence-corrected chi connectivity index (χ3v) is 5.22. The van der Waals surface area contributed by atoms with E-state index in [0.29, 0.717) is 17.0 Å². The highest BCUT2D eigenvalue weighted by atomic mass is 32.2. The van der Waals surface area contributed by atoms with E-state index in [1.54, 1.807) is 13.0 Å². The van der Waals surface area contributed by atoms with E-state index in [9.17, 15) is 13.2 Å². The largest absolute Gasteiger partial charge is 0.481 e. The molecular weight excluding hydrogens is 318 g/mol. The first-order chi connectivity index (χ1) is 9.81. The number of nitrogens with zero attached hydrogens (tertiary/aromatic N) is 2. The Labute approximate surface area is 124 Å². The molecule has 0 saturated heterocycles. The third kappa shape index (κ3) is 3.47. The van der Waals surface area contributed by atoms with Crippen molar-refractivity contribution in [3.05, 3.63) is 28.8 Å². The third-order valence-electron chi connectivity index (χ3n) is 2.32. The molecule has 2 aromatic rings. The van der Waals surface area contributed by atoms with Crippen LogP contribution < -0.4 is 9.46 Å². The fourth-order valence-electron chi connectivity index (χ4n) is 1.44. The van der Waals surface area contributed by atoms with Crippen LogP contribution >= 0.6 is 11.3 Å². The number of carboxylic acid groups (broad SMARTS) is 1. The van der Waals surface area contributed by atoms with Gasteiger partial charge >= 0.3 is 5.97 Å². The lowest BCUT2D eigenvalue weighted by atomic mass is 10.4. The summed E-state index contributed by atoms with van der Waals surface area (Å²) in [6.45, 7) is 1.66. The standard InChI is InChI=1S/C11H11N3O5S2/c1-6-5-8(19-2)13-11(12-6)14-21(17,18)9-4-3-7(20-9)10(15)16/h3-5H,1-2H3,(H,15,16)(H,12,13,14). The van der Waals surface area contributed by atoms with Crippen LogP contribution in [0, 0.1) is 6.92 Å². The second kappa shape index (κ2) is 5.66. The first-order valence-corrected chi connectivity index (χ1v) is 7.87. The maximum absolute atomic E-state index is 12.1. The van der Waals surface area contributed by atoms with Crippen molar-refractivity contribution in [2.24, 2.45) is 0 Å². The molecule has 10 heteroatoms. The van der Waals surface area contributed by atoms with E-state index in [0.717, 1.165) is 0 Å². The zero-order chi connectivity index (χ0) is 15.6. The van der Waals surface area contributed by atoms with Gasteiger partial charge in [-0.15, -0.1) is 11.3 Å². The minimum Gasteiger partial charge on any atom is -0.481 e. The van der Waals surface area contributed by atoms with Gasteiger partial charge in [-0.2, -0.15) is 4.98 Å². The van der Waals surface area contributed by atoms with Gasteiger partial charge in [-0.25, -0.2) is 22.9 Å². The van der Waals surface area contributed by atoms with E-state index >= 15 is 0 Å². The number of carboxylic acids is 1. The van der Waals surface area contributed by atoms with Crippen LogP contribution in [0.5, 0.6) is 5.88 Å². The number of rotatable bonds is 5. The monoisotopic (exact) mass is 329 g/mol. The van der Waals surface area contributed by atoms with Crippen LogP contribution in [-0.4, -0.2) is 36.6 Å². The van der Waals surface area contributed by atoms with Crippen LogP contribution in [0.3, 0.4) is 0 Å². The first kappa shape index (κ1) is 15.2. The van der Waals surface area contributed by atoms with Crippen molar-refractivity contribution in [3.8, 4) is 5.88 Å². The summed E-state index contributed by atoms with van der Waals surface area (Å²) in [7, 11) is -2.54. The Balaban J connectivity index is 2.32. The molecule has 0 amide bonds. The molecule has 21 heavy (non-hydrogen) atoms. The Kier molecular flexibility index (Phi) is 4.09. The second-order valence-electron chi connectivity index (χ2n) is 3.90. The van der Waals surface area contributed by atoms with Gasteiger partial charge in [0.2, 0.25) is 11.8 Å². The molecule has 112 valence electrons. The van der Waals surface area contributed by atoms with E-state index in [2.05, 4.69) is 14.7 Å². The minimum absolute atomic E-state index is 0.0712. The average Bonchev–Trinajstić information content (AvgIpc) is 2.87. The van der Waals surface area contributed by atoms with E-state index < -0.39 is 16.0 Å². The smallest absolute Gasteiger partial charge is 0.345 e. The molecule has 0 atom stereocenters. The lowest BCUT2D eigenvalue weighted by molar-refractivity contribution is 0.0702. The topological polar surface area (TPSA) is 118 Å². The molecule has 0 aromatic carbocycles. The molecular formula is C11H11N3O5S2. The normalized spacial score (nSPS) is 11.1. The minimum atomic E-state index is -3.94. The summed E-state index contributed by atoms with van der Waals surface area (Å²) in [6, 6.07) is 3.98. The van der Waals surface area contributed by atoms with Crippen LogP contribution in [-0.2, 0) is 10.0 Å². The molecule has 0 unspecified atom stereocenters. The van der Waals surface area contributed by atoms with E-state index in [1.807, 2.05) is 0 Å². The Morgan fingerprint density at radius 1 is 1.38 bits per heavy atom. The fraction of sp³-hybridized carbons (Fsp3) is 0.182. The van der Waals surface area contributed by atoms with Crippen LogP contribution in [0.25, 0.3) is 0 Å². The number of aromatic carboxylic acids is 1. The number of aryl methyl sites for hydroxylation is 1. The van der Waals surface area contributed by atoms with Crippen LogP contribution in [0.4, 0.5) is 5.95 Å². The Hall–Kier alpha value is -2.20. The van der Waals surface area contributed by atoms with Crippen molar-refractivity contribution < 1.29 is 23.1 Å². The molecule has 2 N–H and O–H groups in total. The Morgan fingerprint density at radius 3 is 2.67 bits per heavy atom. The molecule has 0 saturated carbocycles. The Bertz CT molecular complexity index is 785. The van der Waals surface area contributed by atoms with Crippen LogP contribution in [0.2, 0.25) is 0 Å². The summed E-state index contributed by atoms with van der Waals surface area (Å²) in [5, 5.41) is 8.81. The molecule has 2 aromatic heterocycles. The zero-order valence-corrected chi connectivity index (χ0v) is 12.7. The van der Waals surface area contributed by atoms with Gasteiger partial charge in [0, 0.05) is 11.8 Å². The zero-order valence-electron chi connectivity index (χ0n) is 11.0. The molecule has 0 bridgehead atoms. The second-order valence-corrected chi connectivity index (χ2v) is 6.90. The first-order valence-electron chi connectivity index (χ1n) is 5.57. The highest BCUT2D eigenvalue weighted by Gasteiger charge is 2.20. The predicted molar refractivity (Wildman–Crippen MR) is 75.4 cm³/mol. The summed E-state index contributed by atoms with van der Waals surface area (Å²) >= 11 is 0.645. The van der Waals surface area contributed by atoms with Crippen molar-refractivity contribution in [1.29, 1.82) is 0 Å². The maximum atomic E-state index is 12.1. The fourth-order valence-corrected chi connectivity index (χ4v) is 3.53. The number of sulfonamides is 1. The molecule has 2 rings (SSSR count). The van der Waals surface area contributed by atoms with Gasteiger partial charge in [-0.3, -0.25) is 0 Å². The number of carbonyl (C=O) groups is 1. The number of nitrogens with one attached hydrogen (secondary N) is 1. The van der Waals surface area contributed by atoms with Gasteiger partial charge in [0.15, 0.2) is 0 Å². The number of hydrogen-bond acceptors (Lipinski definition) is 7. The van der Waals surface area contributed by atoms with Crippen molar-refractivity contribution in [2.75, 3.05) is 11.8 Å². The van der Waals surface area contributed by atoms with E-state index in [4.69, 9.17) is 9.84 Å². The van der Waals surface area contributed by atoms with E-state index in [1.165, 1.54) is 19.2 Å². The van der Waals surface area contributed by atoms with Crippen molar-refractivity contribution in [1.82, 2.24) is 9.97 Å². The molecule has 0 aliphatic rings. The summed E-state index contributed by atoms with van der Waals surface area (Å²) in [4.78, 5) is 18.5. The van der Waals surface area contributed by atoms with Gasteiger partial charge in [-0.1, -0.05) is 0 Å². The number of hydrogen-bond donors (Lipinski definition) is 2. The number of methoxy groups -OCH3 is 1. The highest BCUT2D eigenvalue weighted by molar-refractivity contribution is 7.94. The molecule has 0 fully saturated rings. The highest BCUT2D eigenvalue weighted by Crippen LogP contribution is 2.23. The van der Waals surface area contributed by atoms with Crippen LogP contribution in [0.1, 0.15) is 15.4 Å². The average molecular weight is 329 g/mol. The predicted octanol–water partition coefficient (Wildman–Crippen LogP) is 1.35. The SMILES string of the molecule is COc1cc(C)nc(NS(=O)(=O)c2ccc(C(=O)O)s2)n1. The summed E-state index contributed by atoms with van der Waals surface area (Å²) in [6.07, 6.45) is 0. The summed E-state index contributed by atoms with van der Waals surface area (Å²) in [5.41, 5.74) is 0.525. The van der Waals surface area contributed by atoms with Gasteiger partial charge in [0.1, 0.15) is 9.09 Å².